The van der Waals surface area contributed by atoms with Crippen LogP contribution in [0.25, 0.3) is 0 Å². The summed E-state index contributed by atoms with van der Waals surface area (Å²) < 4.78 is 42.5. The van der Waals surface area contributed by atoms with Crippen molar-refractivity contribution >= 4 is 41.6 Å². The van der Waals surface area contributed by atoms with Crippen LogP contribution in [-0.4, -0.2) is 99.7 Å². The Morgan fingerprint density at radius 2 is 1.35 bits per heavy atom. The molecule has 16 nitrogen and oxygen atoms in total. The second kappa shape index (κ2) is 16.2. The lowest BCUT2D eigenvalue weighted by molar-refractivity contribution is -0.333. The van der Waals surface area contributed by atoms with E-state index >= 15 is 0 Å². The third-order valence-electron chi connectivity index (χ3n) is 10.9. The van der Waals surface area contributed by atoms with Gasteiger partial charge in [-0.05, 0) is 36.6 Å². The van der Waals surface area contributed by atoms with E-state index in [1.54, 1.807) is 25.1 Å². The molecule has 0 radical (unpaired) electrons. The Morgan fingerprint density at radius 1 is 0.772 bits per heavy atom. The largest absolute Gasteiger partial charge is 0.462 e. The van der Waals surface area contributed by atoms with Crippen LogP contribution >= 0.6 is 0 Å². The van der Waals surface area contributed by atoms with Crippen LogP contribution in [0.15, 0.2) is 67.0 Å². The van der Waals surface area contributed by atoms with Gasteiger partial charge in [-0.25, -0.2) is 9.59 Å². The minimum atomic E-state index is -2.75. The van der Waals surface area contributed by atoms with Crippen molar-refractivity contribution < 1.29 is 71.8 Å². The van der Waals surface area contributed by atoms with Crippen molar-refractivity contribution in [2.24, 2.45) is 23.2 Å². The molecule has 0 amide bonds. The minimum Gasteiger partial charge on any atom is -0.462 e. The number of carbonyl (C=O) groups is 7. The zero-order valence-corrected chi connectivity index (χ0v) is 32.9. The molecule has 3 heterocycles. The summed E-state index contributed by atoms with van der Waals surface area (Å²) in [7, 11) is 0. The Kier molecular flexibility index (Phi) is 12.1. The number of aliphatic hydroxyl groups is 1. The summed E-state index contributed by atoms with van der Waals surface area (Å²) in [4.78, 5) is 98.8. The summed E-state index contributed by atoms with van der Waals surface area (Å²) in [5.41, 5.74) is -4.51. The van der Waals surface area contributed by atoms with Gasteiger partial charge in [-0.3, -0.25) is 29.0 Å². The Labute approximate surface area is 329 Å². The van der Waals surface area contributed by atoms with Crippen LogP contribution in [0.4, 0.5) is 0 Å². The normalized spacial score (nSPS) is 33.1. The first-order chi connectivity index (χ1) is 26.7. The number of hydrogen-bond donors (Lipinski definition) is 1. The van der Waals surface area contributed by atoms with E-state index in [0.717, 1.165) is 27.7 Å². The van der Waals surface area contributed by atoms with Crippen LogP contribution in [-0.2, 0) is 57.1 Å². The van der Waals surface area contributed by atoms with Crippen LogP contribution in [0.1, 0.15) is 82.5 Å². The van der Waals surface area contributed by atoms with Crippen molar-refractivity contribution in [2.45, 2.75) is 110 Å². The summed E-state index contributed by atoms with van der Waals surface area (Å²) in [6, 6.07) is 10.5. The molecule has 1 saturated carbocycles. The molecule has 306 valence electrons. The molecule has 2 aromatic rings. The van der Waals surface area contributed by atoms with Gasteiger partial charge < -0.3 is 38.3 Å². The maximum Gasteiger partial charge on any atom is 0.340 e. The second-order valence-electron chi connectivity index (χ2n) is 15.3. The summed E-state index contributed by atoms with van der Waals surface area (Å²) >= 11 is 0. The van der Waals surface area contributed by atoms with E-state index < -0.39 is 113 Å². The number of carbonyl (C=O) groups excluding carboxylic acids is 7. The van der Waals surface area contributed by atoms with Crippen LogP contribution in [0, 0.1) is 23.2 Å². The van der Waals surface area contributed by atoms with Gasteiger partial charge in [-0.15, -0.1) is 0 Å². The van der Waals surface area contributed by atoms with Crippen molar-refractivity contribution in [3.63, 3.8) is 0 Å². The number of pyridine rings is 1. The van der Waals surface area contributed by atoms with Crippen molar-refractivity contribution in [1.82, 2.24) is 4.98 Å². The van der Waals surface area contributed by atoms with E-state index in [2.05, 4.69) is 11.6 Å². The number of rotatable bonds is 8. The predicted octanol–water partition coefficient (Wildman–Crippen LogP) is 3.47. The number of ketones is 1. The lowest BCUT2D eigenvalue weighted by Gasteiger charge is -2.49. The first-order valence-electron chi connectivity index (χ1n) is 18.4. The topological polar surface area (TPSA) is 217 Å². The van der Waals surface area contributed by atoms with E-state index in [1.165, 1.54) is 57.4 Å². The van der Waals surface area contributed by atoms with E-state index in [4.69, 9.17) is 33.2 Å². The molecule has 5 rings (SSSR count). The van der Waals surface area contributed by atoms with Gasteiger partial charge in [-0.2, -0.15) is 0 Å². The van der Waals surface area contributed by atoms with E-state index in [9.17, 15) is 38.7 Å². The predicted molar refractivity (Wildman–Crippen MR) is 194 cm³/mol. The molecule has 2 aliphatic heterocycles. The van der Waals surface area contributed by atoms with Crippen molar-refractivity contribution in [3.05, 3.63) is 78.1 Å². The molecule has 1 aliphatic carbocycles. The standard InChI is InChI=1S/C41H47NO15/c1-20-18-40(56-26(7)46)29(31(20)51-23(4)43)32(52-24(5)44)21(2)33(53-25(6)45)34(54-37(48)27-14-11-10-12-15-27)36(55-38(49)28-16-13-17-42-19-28)39(8,9)35-30(47)22(3)41(40,50)57-35/h10-17,19-20,22,29,31-36,50H,2,18H2,1,3-9H3/t20-,22+,29?,31?,32-,33+,34+,35?,36+,40+,41+/m0/s1. The number of aromatic nitrogens is 1. The Morgan fingerprint density at radius 3 is 1.91 bits per heavy atom. The Bertz CT molecular complexity index is 1930. The third-order valence-corrected chi connectivity index (χ3v) is 10.9. The highest BCUT2D eigenvalue weighted by Gasteiger charge is 2.77. The molecule has 1 aromatic heterocycles. The maximum atomic E-state index is 14.7. The maximum absolute atomic E-state index is 14.7. The molecule has 16 heteroatoms. The van der Waals surface area contributed by atoms with Crippen molar-refractivity contribution in [3.8, 4) is 0 Å². The Hall–Kier alpha value is -5.48. The first-order valence-corrected chi connectivity index (χ1v) is 18.4. The summed E-state index contributed by atoms with van der Waals surface area (Å²) in [5, 5.41) is 13.0. The number of esters is 6. The zero-order chi connectivity index (χ0) is 42.2. The highest BCUT2D eigenvalue weighted by molar-refractivity contribution is 5.91. The lowest BCUT2D eigenvalue weighted by atomic mass is 9.68. The van der Waals surface area contributed by atoms with Gasteiger partial charge in [0.1, 0.15) is 18.3 Å². The van der Waals surface area contributed by atoms with Gasteiger partial charge in [0.2, 0.25) is 5.79 Å². The van der Waals surface area contributed by atoms with Gasteiger partial charge in [0.25, 0.3) is 0 Å². The molecule has 0 spiro atoms. The first kappa shape index (κ1) is 42.7. The summed E-state index contributed by atoms with van der Waals surface area (Å²) in [5.74, 6) is -13.1. The fourth-order valence-corrected chi connectivity index (χ4v) is 8.48. The molecule has 3 fully saturated rings. The minimum absolute atomic E-state index is 0.0234. The van der Waals surface area contributed by atoms with Crippen LogP contribution in [0.2, 0.25) is 0 Å². The molecule has 1 N–H and O–H groups in total. The van der Waals surface area contributed by atoms with Gasteiger partial charge in [0.05, 0.1) is 23.0 Å². The number of Topliss-reactive ketones (excluding diaryl/α,β-unsaturated/α-hetero) is 1. The summed E-state index contributed by atoms with van der Waals surface area (Å²) in [6.45, 7) is 14.3. The van der Waals surface area contributed by atoms with Crippen molar-refractivity contribution in [1.29, 1.82) is 0 Å². The zero-order valence-electron chi connectivity index (χ0n) is 32.9. The Balaban J connectivity index is 1.89. The molecule has 2 bridgehead atoms. The number of fused-ring (bicyclic) bond motifs is 4. The smallest absolute Gasteiger partial charge is 0.340 e. The van der Waals surface area contributed by atoms with Gasteiger partial charge in [0.15, 0.2) is 29.7 Å². The van der Waals surface area contributed by atoms with Crippen LogP contribution in [0.3, 0.4) is 0 Å². The average molecular weight is 794 g/mol. The lowest BCUT2D eigenvalue weighted by Crippen LogP contribution is -2.66. The van der Waals surface area contributed by atoms with E-state index in [-0.39, 0.29) is 23.1 Å². The fourth-order valence-electron chi connectivity index (χ4n) is 8.48. The molecule has 57 heavy (non-hydrogen) atoms. The highest BCUT2D eigenvalue weighted by atomic mass is 16.7. The van der Waals surface area contributed by atoms with Crippen LogP contribution in [0.5, 0.6) is 0 Å². The summed E-state index contributed by atoms with van der Waals surface area (Å²) in [6.07, 6.45) is -8.16. The van der Waals surface area contributed by atoms with E-state index in [0.29, 0.717) is 0 Å². The fraction of sp³-hybridized carbons (Fsp3) is 0.512. The van der Waals surface area contributed by atoms with E-state index in [1.807, 2.05) is 0 Å². The number of benzene rings is 1. The molecule has 3 unspecified atom stereocenters. The van der Waals surface area contributed by atoms with Gasteiger partial charge in [-0.1, -0.05) is 52.5 Å². The third kappa shape index (κ3) is 7.92. The molecular formula is C41H47NO15. The van der Waals surface area contributed by atoms with Gasteiger partial charge >= 0.3 is 35.8 Å². The molecule has 11 atom stereocenters. The molecular weight excluding hydrogens is 746 g/mol. The number of ether oxygens (including phenoxy) is 7. The highest BCUT2D eigenvalue weighted by Crippen LogP contribution is 2.60. The molecule has 1 aromatic carbocycles. The molecule has 2 saturated heterocycles. The number of hydrogen-bond acceptors (Lipinski definition) is 16. The van der Waals surface area contributed by atoms with Crippen molar-refractivity contribution in [2.75, 3.05) is 0 Å². The quantitative estimate of drug-likeness (QED) is 0.230. The second-order valence-corrected chi connectivity index (χ2v) is 15.3. The molecule has 3 aliphatic rings. The van der Waals surface area contributed by atoms with Crippen LogP contribution < -0.4 is 0 Å². The average Bonchev–Trinajstić information content (AvgIpc) is 3.55. The monoisotopic (exact) mass is 793 g/mol. The van der Waals surface area contributed by atoms with Gasteiger partial charge in [0, 0.05) is 51.1 Å². The number of nitrogens with zero attached hydrogens (tertiary/aromatic N) is 1. The SMILES string of the molecule is C=C1[C@@H](OC(C)=O)[C@@H](OC(=O)c2ccccc2)[C@@H](OC(=O)c2cccnc2)C(C)(C)C2O[C@](O)([C@H](C)C2=O)[C@@]2(OC(C)=O)C[C@H](C)C(OC(C)=O)C2[C@H]1OC(C)=O.